The van der Waals surface area contributed by atoms with Crippen molar-refractivity contribution in [3.8, 4) is 0 Å². The minimum atomic E-state index is -5.08. The number of carbonyl (C=O) groups is 1. The maximum Gasteiger partial charge on any atom is 0.416 e. The molecule has 0 aliphatic carbocycles. The maximum atomic E-state index is 13.5. The molecule has 1 amide bonds. The van der Waals surface area contributed by atoms with Gasteiger partial charge in [-0.3, -0.25) is 4.79 Å². The number of hydrogen-bond donors (Lipinski definition) is 1. The van der Waals surface area contributed by atoms with Crippen LogP contribution in [0.2, 0.25) is 0 Å². The summed E-state index contributed by atoms with van der Waals surface area (Å²) in [6.07, 6.45) is -10.1. The Morgan fingerprint density at radius 3 is 2.10 bits per heavy atom. The van der Waals surface area contributed by atoms with Crippen molar-refractivity contribution >= 4 is 5.91 Å². The predicted molar refractivity (Wildman–Crippen MR) is 94.2 cm³/mol. The van der Waals surface area contributed by atoms with E-state index in [4.69, 9.17) is 0 Å². The minimum absolute atomic E-state index is 0.0186. The van der Waals surface area contributed by atoms with Crippen LogP contribution in [-0.4, -0.2) is 36.5 Å². The highest BCUT2D eigenvalue weighted by molar-refractivity contribution is 5.95. The predicted octanol–water partition coefficient (Wildman–Crippen LogP) is 4.66. The molecule has 2 aromatic carbocycles. The second-order valence-corrected chi connectivity index (χ2v) is 7.10. The average Bonchev–Trinajstić information content (AvgIpc) is 2.69. The first kappa shape index (κ1) is 23.0. The zero-order valence-electron chi connectivity index (χ0n) is 15.7. The molecule has 11 heteroatoms. The summed E-state index contributed by atoms with van der Waals surface area (Å²) in [6.45, 7) is 0.464. The van der Waals surface area contributed by atoms with Crippen molar-refractivity contribution in [2.24, 2.45) is 0 Å². The Hall–Kier alpha value is -2.69. The number of alkyl halides is 6. The molecule has 1 N–H and O–H groups in total. The van der Waals surface area contributed by atoms with E-state index in [2.05, 4.69) is 5.32 Å². The Kier molecular flexibility index (Phi) is 6.26. The van der Waals surface area contributed by atoms with Crippen molar-refractivity contribution in [3.63, 3.8) is 0 Å². The van der Waals surface area contributed by atoms with Crippen molar-refractivity contribution in [1.29, 1.82) is 0 Å². The summed E-state index contributed by atoms with van der Waals surface area (Å²) in [7, 11) is 0. The highest BCUT2D eigenvalue weighted by Crippen LogP contribution is 2.36. The molecular formula is C20H16F8N2O. The first-order valence-electron chi connectivity index (χ1n) is 9.11. The largest absolute Gasteiger partial charge is 0.416 e. The molecule has 0 aromatic heterocycles. The zero-order chi connectivity index (χ0) is 23.0. The summed E-state index contributed by atoms with van der Waals surface area (Å²) in [5.74, 6) is -3.18. The summed E-state index contributed by atoms with van der Waals surface area (Å²) < 4.78 is 105. The van der Waals surface area contributed by atoms with Crippen LogP contribution in [0.4, 0.5) is 35.1 Å². The van der Waals surface area contributed by atoms with Crippen molar-refractivity contribution in [3.05, 3.63) is 70.3 Å². The van der Waals surface area contributed by atoms with E-state index in [1.54, 1.807) is 0 Å². The molecule has 2 aromatic rings. The van der Waals surface area contributed by atoms with Crippen LogP contribution in [0.1, 0.15) is 27.0 Å². The lowest BCUT2D eigenvalue weighted by molar-refractivity contribution is -0.143. The van der Waals surface area contributed by atoms with Crippen LogP contribution >= 0.6 is 0 Å². The number of hydrogen-bond acceptors (Lipinski definition) is 2. The molecule has 31 heavy (non-hydrogen) atoms. The Morgan fingerprint density at radius 1 is 0.935 bits per heavy atom. The molecule has 0 saturated carbocycles. The first-order chi connectivity index (χ1) is 14.4. The van der Waals surface area contributed by atoms with Crippen LogP contribution in [0.5, 0.6) is 0 Å². The zero-order valence-corrected chi connectivity index (χ0v) is 15.7. The van der Waals surface area contributed by atoms with Gasteiger partial charge in [0, 0.05) is 31.2 Å². The fourth-order valence-corrected chi connectivity index (χ4v) is 3.39. The summed E-state index contributed by atoms with van der Waals surface area (Å²) in [5.41, 5.74) is -3.60. The number of rotatable bonds is 3. The van der Waals surface area contributed by atoms with Gasteiger partial charge in [-0.05, 0) is 42.3 Å². The van der Waals surface area contributed by atoms with Gasteiger partial charge in [-0.15, -0.1) is 0 Å². The van der Waals surface area contributed by atoms with E-state index in [9.17, 15) is 39.9 Å². The quantitative estimate of drug-likeness (QED) is 0.688. The molecular weight excluding hydrogens is 436 g/mol. The Balaban J connectivity index is 1.94. The van der Waals surface area contributed by atoms with Crippen LogP contribution in [0, 0.1) is 11.6 Å². The summed E-state index contributed by atoms with van der Waals surface area (Å²) in [5, 5.41) is 2.97. The van der Waals surface area contributed by atoms with E-state index in [1.807, 2.05) is 0 Å². The summed E-state index contributed by atoms with van der Waals surface area (Å²) in [6, 6.07) is 3.15. The molecule has 1 atom stereocenters. The molecule has 1 aliphatic rings. The standard InChI is InChI=1S/C20H16F8N2O/c21-16-2-1-11(6-17(16)22)5-15-10-29-3-4-30(15)18(31)12-7-13(19(23,24)25)9-14(8-12)20(26,27)28/h1-2,6-9,15,29H,3-5,10H2/t15-/m1/s1. The summed E-state index contributed by atoms with van der Waals surface area (Å²) >= 11 is 0. The highest BCUT2D eigenvalue weighted by Gasteiger charge is 2.38. The molecule has 3 nitrogen and oxygen atoms in total. The van der Waals surface area contributed by atoms with E-state index in [0.717, 1.165) is 17.0 Å². The van der Waals surface area contributed by atoms with Crippen molar-refractivity contribution in [2.75, 3.05) is 19.6 Å². The van der Waals surface area contributed by atoms with Crippen molar-refractivity contribution in [1.82, 2.24) is 10.2 Å². The SMILES string of the molecule is O=C(c1cc(C(F)(F)F)cc(C(F)(F)F)c1)N1CCNC[C@H]1Cc1ccc(F)c(F)c1. The maximum absolute atomic E-state index is 13.5. The molecule has 168 valence electrons. The van der Waals surface area contributed by atoms with Gasteiger partial charge in [-0.25, -0.2) is 8.78 Å². The molecule has 1 aliphatic heterocycles. The third kappa shape index (κ3) is 5.33. The van der Waals surface area contributed by atoms with Crippen LogP contribution in [-0.2, 0) is 18.8 Å². The first-order valence-corrected chi connectivity index (χ1v) is 9.11. The molecule has 1 heterocycles. The normalized spacial score (nSPS) is 17.7. The number of carbonyl (C=O) groups excluding carboxylic acids is 1. The number of nitrogens with zero attached hydrogens (tertiary/aromatic N) is 1. The van der Waals surface area contributed by atoms with E-state index >= 15 is 0 Å². The number of halogens is 8. The van der Waals surface area contributed by atoms with Gasteiger partial charge in [0.2, 0.25) is 0 Å². The molecule has 0 spiro atoms. The smallest absolute Gasteiger partial charge is 0.333 e. The van der Waals surface area contributed by atoms with Crippen LogP contribution in [0.25, 0.3) is 0 Å². The van der Waals surface area contributed by atoms with Gasteiger partial charge in [0.05, 0.1) is 11.1 Å². The summed E-state index contributed by atoms with van der Waals surface area (Å²) in [4.78, 5) is 14.1. The van der Waals surface area contributed by atoms with E-state index in [0.29, 0.717) is 17.7 Å². The lowest BCUT2D eigenvalue weighted by atomic mass is 9.99. The third-order valence-electron chi connectivity index (χ3n) is 4.90. The van der Waals surface area contributed by atoms with Gasteiger partial charge in [-0.1, -0.05) is 6.07 Å². The van der Waals surface area contributed by atoms with E-state index in [1.165, 1.54) is 6.07 Å². The number of benzene rings is 2. The Labute approximate surface area is 171 Å². The lowest BCUT2D eigenvalue weighted by Gasteiger charge is -2.36. The monoisotopic (exact) mass is 452 g/mol. The average molecular weight is 452 g/mol. The van der Waals surface area contributed by atoms with Crippen LogP contribution in [0.15, 0.2) is 36.4 Å². The fourth-order valence-electron chi connectivity index (χ4n) is 3.39. The van der Waals surface area contributed by atoms with Crippen LogP contribution < -0.4 is 5.32 Å². The van der Waals surface area contributed by atoms with Gasteiger partial charge in [-0.2, -0.15) is 26.3 Å². The molecule has 0 unspecified atom stereocenters. The Bertz CT molecular complexity index is 938. The van der Waals surface area contributed by atoms with Gasteiger partial charge < -0.3 is 10.2 Å². The highest BCUT2D eigenvalue weighted by atomic mass is 19.4. The van der Waals surface area contributed by atoms with Crippen molar-refractivity contribution in [2.45, 2.75) is 24.8 Å². The molecule has 3 rings (SSSR count). The van der Waals surface area contributed by atoms with Gasteiger partial charge in [0.1, 0.15) is 0 Å². The topological polar surface area (TPSA) is 32.3 Å². The van der Waals surface area contributed by atoms with Gasteiger partial charge in [0.25, 0.3) is 5.91 Å². The Morgan fingerprint density at radius 2 is 1.55 bits per heavy atom. The van der Waals surface area contributed by atoms with E-state index in [-0.39, 0.29) is 32.1 Å². The second-order valence-electron chi connectivity index (χ2n) is 7.10. The van der Waals surface area contributed by atoms with Crippen LogP contribution in [0.3, 0.4) is 0 Å². The minimum Gasteiger partial charge on any atom is -0.333 e. The fraction of sp³-hybridized carbons (Fsp3) is 0.350. The molecule has 0 radical (unpaired) electrons. The number of piperazine rings is 1. The second kappa shape index (κ2) is 8.45. The third-order valence-corrected chi connectivity index (χ3v) is 4.90. The number of amides is 1. The number of nitrogens with one attached hydrogen (secondary N) is 1. The van der Waals surface area contributed by atoms with E-state index < -0.39 is 52.6 Å². The van der Waals surface area contributed by atoms with Gasteiger partial charge in [0.15, 0.2) is 11.6 Å². The van der Waals surface area contributed by atoms with Gasteiger partial charge >= 0.3 is 12.4 Å². The molecule has 1 saturated heterocycles. The van der Waals surface area contributed by atoms with Crippen molar-refractivity contribution < 1.29 is 39.9 Å². The molecule has 1 fully saturated rings. The lowest BCUT2D eigenvalue weighted by Crippen LogP contribution is -2.54. The molecule has 0 bridgehead atoms.